The minimum absolute atomic E-state index is 0.0241. The monoisotopic (exact) mass is 463 g/mol. The van der Waals surface area contributed by atoms with E-state index >= 15 is 0 Å². The molecule has 4 rings (SSSR count). The van der Waals surface area contributed by atoms with Crippen LogP contribution in [0.1, 0.15) is 39.1 Å². The van der Waals surface area contributed by atoms with Crippen LogP contribution in [0.15, 0.2) is 55.0 Å². The van der Waals surface area contributed by atoms with E-state index in [4.69, 9.17) is 21.1 Å². The third kappa shape index (κ3) is 5.35. The van der Waals surface area contributed by atoms with Crippen LogP contribution < -0.4 is 4.74 Å². The zero-order chi connectivity index (χ0) is 23.4. The lowest BCUT2D eigenvalue weighted by Gasteiger charge is -2.12. The summed E-state index contributed by atoms with van der Waals surface area (Å²) in [5.41, 5.74) is 3.67. The topological polar surface area (TPSA) is 92.0 Å². The van der Waals surface area contributed by atoms with Crippen molar-refractivity contribution < 1.29 is 14.3 Å². The standard InChI is InChI=1S/C24H22ClN5O3/c1-15-13-30(14-26-15)19-9-6-17(10-20(19)32-2)12-22-27-21(28-23(29-22)24(31)33-3)11-16-4-7-18(25)8-5-16/h4-10,13-14H,11-12H2,1-3H3. The molecule has 0 fully saturated rings. The van der Waals surface area contributed by atoms with E-state index in [9.17, 15) is 4.79 Å². The molecule has 0 spiro atoms. The fraction of sp³-hybridized carbons (Fsp3) is 0.208. The molecule has 0 N–H and O–H groups in total. The van der Waals surface area contributed by atoms with Crippen LogP contribution in [0, 0.1) is 6.92 Å². The zero-order valence-electron chi connectivity index (χ0n) is 18.4. The fourth-order valence-electron chi connectivity index (χ4n) is 3.37. The van der Waals surface area contributed by atoms with Gasteiger partial charge < -0.3 is 14.0 Å². The first-order valence-electron chi connectivity index (χ1n) is 10.2. The molecule has 4 aromatic rings. The number of hydrogen-bond acceptors (Lipinski definition) is 7. The highest BCUT2D eigenvalue weighted by atomic mass is 35.5. The fourth-order valence-corrected chi connectivity index (χ4v) is 3.50. The first-order valence-corrected chi connectivity index (χ1v) is 10.6. The summed E-state index contributed by atoms with van der Waals surface area (Å²) in [6, 6.07) is 13.2. The van der Waals surface area contributed by atoms with Crippen molar-refractivity contribution in [2.24, 2.45) is 0 Å². The molecule has 0 aliphatic heterocycles. The first kappa shape index (κ1) is 22.4. The van der Waals surface area contributed by atoms with Crippen LogP contribution in [0.2, 0.25) is 5.02 Å². The van der Waals surface area contributed by atoms with Crippen molar-refractivity contribution in [2.75, 3.05) is 14.2 Å². The Morgan fingerprint density at radius 2 is 1.64 bits per heavy atom. The summed E-state index contributed by atoms with van der Waals surface area (Å²) in [7, 11) is 2.92. The van der Waals surface area contributed by atoms with Gasteiger partial charge in [0.15, 0.2) is 0 Å². The van der Waals surface area contributed by atoms with Gasteiger partial charge in [0.1, 0.15) is 17.4 Å². The molecule has 2 heterocycles. The summed E-state index contributed by atoms with van der Waals surface area (Å²) in [5.74, 6) is 0.986. The van der Waals surface area contributed by atoms with Gasteiger partial charge >= 0.3 is 5.97 Å². The lowest BCUT2D eigenvalue weighted by atomic mass is 10.1. The van der Waals surface area contributed by atoms with Crippen molar-refractivity contribution in [1.82, 2.24) is 24.5 Å². The number of halogens is 1. The van der Waals surface area contributed by atoms with Gasteiger partial charge in [0.05, 0.1) is 31.9 Å². The summed E-state index contributed by atoms with van der Waals surface area (Å²) in [4.78, 5) is 29.6. The van der Waals surface area contributed by atoms with Gasteiger partial charge in [-0.2, -0.15) is 0 Å². The number of rotatable bonds is 7. The molecule has 8 nitrogen and oxygen atoms in total. The Morgan fingerprint density at radius 3 is 2.24 bits per heavy atom. The molecule has 0 atom stereocenters. The van der Waals surface area contributed by atoms with Crippen molar-refractivity contribution in [3.8, 4) is 11.4 Å². The summed E-state index contributed by atoms with van der Waals surface area (Å²) < 4.78 is 12.3. The number of carbonyl (C=O) groups is 1. The number of aryl methyl sites for hydroxylation is 1. The number of methoxy groups -OCH3 is 2. The maximum Gasteiger partial charge on any atom is 0.376 e. The smallest absolute Gasteiger partial charge is 0.376 e. The highest BCUT2D eigenvalue weighted by Crippen LogP contribution is 2.25. The third-order valence-electron chi connectivity index (χ3n) is 4.97. The highest BCUT2D eigenvalue weighted by Gasteiger charge is 2.16. The van der Waals surface area contributed by atoms with E-state index in [-0.39, 0.29) is 5.82 Å². The second-order valence-corrected chi connectivity index (χ2v) is 7.83. The Hall–Kier alpha value is -3.78. The predicted molar refractivity (Wildman–Crippen MR) is 123 cm³/mol. The number of imidazole rings is 1. The van der Waals surface area contributed by atoms with E-state index in [0.29, 0.717) is 35.3 Å². The maximum atomic E-state index is 12.2. The van der Waals surface area contributed by atoms with Crippen LogP contribution in [0.25, 0.3) is 5.69 Å². The number of nitrogens with zero attached hydrogens (tertiary/aromatic N) is 5. The second-order valence-electron chi connectivity index (χ2n) is 7.39. The van der Waals surface area contributed by atoms with Gasteiger partial charge in [0.2, 0.25) is 5.82 Å². The van der Waals surface area contributed by atoms with Gasteiger partial charge in [-0.3, -0.25) is 0 Å². The molecule has 2 aromatic carbocycles. The molecule has 168 valence electrons. The molecule has 0 bridgehead atoms. The highest BCUT2D eigenvalue weighted by molar-refractivity contribution is 6.30. The summed E-state index contributed by atoms with van der Waals surface area (Å²) in [6.07, 6.45) is 4.48. The minimum atomic E-state index is -0.612. The van der Waals surface area contributed by atoms with E-state index in [0.717, 1.165) is 22.5 Å². The van der Waals surface area contributed by atoms with Crippen molar-refractivity contribution in [2.45, 2.75) is 19.8 Å². The molecule has 0 radical (unpaired) electrons. The Labute approximate surface area is 196 Å². The van der Waals surface area contributed by atoms with Crippen LogP contribution in [0.4, 0.5) is 0 Å². The van der Waals surface area contributed by atoms with Crippen LogP contribution in [0.3, 0.4) is 0 Å². The number of carbonyl (C=O) groups excluding carboxylic acids is 1. The minimum Gasteiger partial charge on any atom is -0.495 e. The van der Waals surface area contributed by atoms with Crippen molar-refractivity contribution >= 4 is 17.6 Å². The zero-order valence-corrected chi connectivity index (χ0v) is 19.2. The Balaban J connectivity index is 1.65. The van der Waals surface area contributed by atoms with Crippen LogP contribution in [0.5, 0.6) is 5.75 Å². The molecule has 33 heavy (non-hydrogen) atoms. The number of ether oxygens (including phenoxy) is 2. The molecule has 0 saturated carbocycles. The van der Waals surface area contributed by atoms with Crippen molar-refractivity contribution in [1.29, 1.82) is 0 Å². The number of aromatic nitrogens is 5. The molecular weight excluding hydrogens is 442 g/mol. The lowest BCUT2D eigenvalue weighted by Crippen LogP contribution is -2.14. The maximum absolute atomic E-state index is 12.2. The normalized spacial score (nSPS) is 10.8. The predicted octanol–water partition coefficient (Wildman–Crippen LogP) is 4.00. The number of hydrogen-bond donors (Lipinski definition) is 0. The van der Waals surface area contributed by atoms with Crippen LogP contribution in [-0.2, 0) is 17.6 Å². The van der Waals surface area contributed by atoms with Gasteiger partial charge in [0, 0.05) is 24.1 Å². The SMILES string of the molecule is COC(=O)c1nc(Cc2ccc(Cl)cc2)nc(Cc2ccc(-n3cnc(C)c3)c(OC)c2)n1. The molecular formula is C24H22ClN5O3. The summed E-state index contributed by atoms with van der Waals surface area (Å²) >= 11 is 5.97. The number of benzene rings is 2. The average molecular weight is 464 g/mol. The van der Waals surface area contributed by atoms with Crippen molar-refractivity contribution in [3.05, 3.63) is 94.3 Å². The first-order chi connectivity index (χ1) is 15.9. The van der Waals surface area contributed by atoms with Gasteiger partial charge in [-0.25, -0.2) is 24.7 Å². The van der Waals surface area contributed by atoms with E-state index < -0.39 is 5.97 Å². The van der Waals surface area contributed by atoms with Gasteiger partial charge in [-0.05, 0) is 42.3 Å². The third-order valence-corrected chi connectivity index (χ3v) is 5.22. The van der Waals surface area contributed by atoms with Crippen molar-refractivity contribution in [3.63, 3.8) is 0 Å². The summed E-state index contributed by atoms with van der Waals surface area (Å²) in [6.45, 7) is 1.93. The molecule has 9 heteroatoms. The van der Waals surface area contributed by atoms with Crippen LogP contribution in [-0.4, -0.2) is 44.7 Å². The van der Waals surface area contributed by atoms with Gasteiger partial charge in [-0.15, -0.1) is 0 Å². The molecule has 0 unspecified atom stereocenters. The second kappa shape index (κ2) is 9.79. The number of esters is 1. The van der Waals surface area contributed by atoms with Gasteiger partial charge in [-0.1, -0.05) is 29.8 Å². The van der Waals surface area contributed by atoms with E-state index in [2.05, 4.69) is 19.9 Å². The molecule has 0 saturated heterocycles. The van der Waals surface area contributed by atoms with E-state index in [1.165, 1.54) is 7.11 Å². The molecule has 0 amide bonds. The Morgan fingerprint density at radius 1 is 0.970 bits per heavy atom. The van der Waals surface area contributed by atoms with E-state index in [1.807, 2.05) is 48.0 Å². The summed E-state index contributed by atoms with van der Waals surface area (Å²) in [5, 5.41) is 0.647. The van der Waals surface area contributed by atoms with Crippen LogP contribution >= 0.6 is 11.6 Å². The van der Waals surface area contributed by atoms with Gasteiger partial charge in [0.25, 0.3) is 0 Å². The molecule has 2 aromatic heterocycles. The quantitative estimate of drug-likeness (QED) is 0.382. The average Bonchev–Trinajstić information content (AvgIpc) is 3.25. The largest absolute Gasteiger partial charge is 0.495 e. The molecule has 0 aliphatic rings. The Bertz CT molecular complexity index is 1290. The lowest BCUT2D eigenvalue weighted by molar-refractivity contribution is 0.0585. The van der Waals surface area contributed by atoms with E-state index in [1.54, 1.807) is 25.6 Å². The Kier molecular flexibility index (Phi) is 6.65. The molecule has 0 aliphatic carbocycles.